The molecule has 1 unspecified atom stereocenters. The van der Waals surface area contributed by atoms with Crippen molar-refractivity contribution >= 4 is 11.9 Å². The van der Waals surface area contributed by atoms with E-state index in [-0.39, 0.29) is 24.4 Å². The standard InChI is InChI=1S/C44H83NO5/c1-4-7-10-13-16-24-31-40-50-43(47)35-28-20-17-22-29-36-45(38-39-46)37-30-23-21-27-34-42(44(48)49)41(32-25-18-14-11-8-5-2)33-26-19-15-12-9-6-3/h14-15,18-19,41-42,46H,4-13,16-17,20-40H2,1-3H3,(H,48,49). The van der Waals surface area contributed by atoms with Crippen LogP contribution in [0.25, 0.3) is 0 Å². The number of unbranched alkanes of at least 4 members (excludes halogenated alkanes) is 17. The maximum Gasteiger partial charge on any atom is 0.306 e. The molecular weight excluding hydrogens is 622 g/mol. The van der Waals surface area contributed by atoms with Crippen LogP contribution in [-0.4, -0.2) is 59.9 Å². The summed E-state index contributed by atoms with van der Waals surface area (Å²) in [5.41, 5.74) is 0. The first kappa shape index (κ1) is 48.3. The highest BCUT2D eigenvalue weighted by Crippen LogP contribution is 2.29. The van der Waals surface area contributed by atoms with Gasteiger partial charge in [-0.3, -0.25) is 9.59 Å². The number of rotatable bonds is 39. The zero-order chi connectivity index (χ0) is 36.8. The zero-order valence-corrected chi connectivity index (χ0v) is 33.4. The molecule has 2 N–H and O–H groups in total. The summed E-state index contributed by atoms with van der Waals surface area (Å²) in [4.78, 5) is 26.8. The fourth-order valence-corrected chi connectivity index (χ4v) is 6.83. The number of nitrogens with zero attached hydrogens (tertiary/aromatic N) is 1. The van der Waals surface area contributed by atoms with Crippen molar-refractivity contribution < 1.29 is 24.5 Å². The average molecular weight is 706 g/mol. The van der Waals surface area contributed by atoms with Crippen molar-refractivity contribution in [2.75, 3.05) is 32.8 Å². The summed E-state index contributed by atoms with van der Waals surface area (Å²) in [6.07, 6.45) is 39.6. The fourth-order valence-electron chi connectivity index (χ4n) is 6.83. The molecule has 0 aromatic carbocycles. The molecule has 6 heteroatoms. The first-order valence-electron chi connectivity index (χ1n) is 21.5. The van der Waals surface area contributed by atoms with Crippen molar-refractivity contribution in [1.82, 2.24) is 4.90 Å². The van der Waals surface area contributed by atoms with Crippen molar-refractivity contribution in [2.45, 2.75) is 201 Å². The van der Waals surface area contributed by atoms with Crippen LogP contribution in [0.5, 0.6) is 0 Å². The van der Waals surface area contributed by atoms with E-state index in [4.69, 9.17) is 4.74 Å². The van der Waals surface area contributed by atoms with Crippen LogP contribution in [0.15, 0.2) is 24.3 Å². The highest BCUT2D eigenvalue weighted by atomic mass is 16.5. The number of esters is 1. The molecule has 0 saturated carbocycles. The van der Waals surface area contributed by atoms with Gasteiger partial charge in [0.05, 0.1) is 19.1 Å². The Morgan fingerprint density at radius 3 is 1.58 bits per heavy atom. The number of allylic oxidation sites excluding steroid dienone is 4. The van der Waals surface area contributed by atoms with Gasteiger partial charge in [0, 0.05) is 13.0 Å². The van der Waals surface area contributed by atoms with Gasteiger partial charge in [-0.15, -0.1) is 0 Å². The first-order chi connectivity index (χ1) is 24.5. The van der Waals surface area contributed by atoms with Crippen LogP contribution >= 0.6 is 0 Å². The van der Waals surface area contributed by atoms with Gasteiger partial charge in [0.2, 0.25) is 0 Å². The van der Waals surface area contributed by atoms with Crippen molar-refractivity contribution in [3.05, 3.63) is 24.3 Å². The Kier molecular flexibility index (Phi) is 37.3. The quantitative estimate of drug-likeness (QED) is 0.0376. The third-order valence-corrected chi connectivity index (χ3v) is 10.1. The lowest BCUT2D eigenvalue weighted by Gasteiger charge is -2.24. The zero-order valence-electron chi connectivity index (χ0n) is 33.4. The van der Waals surface area contributed by atoms with E-state index in [9.17, 15) is 19.8 Å². The lowest BCUT2D eigenvalue weighted by Crippen LogP contribution is -2.29. The van der Waals surface area contributed by atoms with Gasteiger partial charge >= 0.3 is 11.9 Å². The van der Waals surface area contributed by atoms with Gasteiger partial charge in [0.15, 0.2) is 0 Å². The van der Waals surface area contributed by atoms with E-state index in [0.29, 0.717) is 19.6 Å². The highest BCUT2D eigenvalue weighted by Gasteiger charge is 2.26. The molecule has 0 radical (unpaired) electrons. The Bertz CT molecular complexity index is 775. The number of hydrogen-bond donors (Lipinski definition) is 2. The molecule has 0 bridgehead atoms. The van der Waals surface area contributed by atoms with E-state index in [2.05, 4.69) is 50.0 Å². The molecule has 0 saturated heterocycles. The van der Waals surface area contributed by atoms with Crippen LogP contribution < -0.4 is 0 Å². The molecule has 0 rings (SSSR count). The smallest absolute Gasteiger partial charge is 0.306 e. The minimum atomic E-state index is -0.618. The van der Waals surface area contributed by atoms with Crippen molar-refractivity contribution in [1.29, 1.82) is 0 Å². The van der Waals surface area contributed by atoms with Gasteiger partial charge in [-0.1, -0.05) is 148 Å². The topological polar surface area (TPSA) is 87.1 Å². The van der Waals surface area contributed by atoms with Crippen LogP contribution in [0.3, 0.4) is 0 Å². The predicted molar refractivity (Wildman–Crippen MR) is 214 cm³/mol. The van der Waals surface area contributed by atoms with Crippen molar-refractivity contribution in [3.8, 4) is 0 Å². The highest BCUT2D eigenvalue weighted by molar-refractivity contribution is 5.70. The summed E-state index contributed by atoms with van der Waals surface area (Å²) in [5, 5.41) is 19.8. The summed E-state index contributed by atoms with van der Waals surface area (Å²) < 4.78 is 5.41. The number of aliphatic hydroxyl groups excluding tert-OH is 1. The normalized spacial score (nSPS) is 13.1. The summed E-state index contributed by atoms with van der Waals surface area (Å²) in [6, 6.07) is 0. The summed E-state index contributed by atoms with van der Waals surface area (Å²) >= 11 is 0. The molecule has 0 fully saturated rings. The fraction of sp³-hybridized carbons (Fsp3) is 0.864. The van der Waals surface area contributed by atoms with Crippen LogP contribution in [-0.2, 0) is 14.3 Å². The second-order valence-corrected chi connectivity index (χ2v) is 14.7. The number of aliphatic carboxylic acids is 1. The number of ether oxygens (including phenoxy) is 1. The molecule has 6 nitrogen and oxygen atoms in total. The van der Waals surface area contributed by atoms with Gasteiger partial charge in [-0.25, -0.2) is 0 Å². The van der Waals surface area contributed by atoms with E-state index >= 15 is 0 Å². The van der Waals surface area contributed by atoms with Gasteiger partial charge in [-0.05, 0) is 89.6 Å². The van der Waals surface area contributed by atoms with Crippen molar-refractivity contribution in [2.24, 2.45) is 11.8 Å². The number of carbonyl (C=O) groups is 2. The third-order valence-electron chi connectivity index (χ3n) is 10.1. The second-order valence-electron chi connectivity index (χ2n) is 14.7. The Morgan fingerprint density at radius 2 is 1.04 bits per heavy atom. The monoisotopic (exact) mass is 706 g/mol. The minimum Gasteiger partial charge on any atom is -0.481 e. The van der Waals surface area contributed by atoms with Crippen LogP contribution in [0.1, 0.15) is 201 Å². The SMILES string of the molecule is CCCCC=CCCC(CCC=CCCCC)C(CCCCCCN(CCO)CCCCCCCC(=O)OCCCCCCCCC)C(=O)O. The third kappa shape index (κ3) is 32.3. The lowest BCUT2D eigenvalue weighted by molar-refractivity contribution is -0.145. The van der Waals surface area contributed by atoms with Gasteiger partial charge in [0.25, 0.3) is 0 Å². The number of hydrogen-bond acceptors (Lipinski definition) is 5. The van der Waals surface area contributed by atoms with E-state index < -0.39 is 5.97 Å². The summed E-state index contributed by atoms with van der Waals surface area (Å²) in [6.45, 7) is 10.1. The number of aliphatic hydroxyl groups is 1. The first-order valence-corrected chi connectivity index (χ1v) is 21.5. The van der Waals surface area contributed by atoms with Crippen LogP contribution in [0, 0.1) is 11.8 Å². The Labute approximate surface area is 310 Å². The molecule has 0 aromatic rings. The molecular formula is C44H83NO5. The summed E-state index contributed by atoms with van der Waals surface area (Å²) in [5.74, 6) is -0.686. The van der Waals surface area contributed by atoms with E-state index in [1.807, 2.05) is 0 Å². The predicted octanol–water partition coefficient (Wildman–Crippen LogP) is 12.2. The van der Waals surface area contributed by atoms with E-state index in [1.54, 1.807) is 0 Å². The Morgan fingerprint density at radius 1 is 0.560 bits per heavy atom. The molecule has 0 aliphatic heterocycles. The molecule has 0 aromatic heterocycles. The second kappa shape index (κ2) is 38.6. The molecule has 294 valence electrons. The Hall–Kier alpha value is -1.66. The summed E-state index contributed by atoms with van der Waals surface area (Å²) in [7, 11) is 0. The molecule has 0 amide bonds. The molecule has 50 heavy (non-hydrogen) atoms. The van der Waals surface area contributed by atoms with E-state index in [0.717, 1.165) is 129 Å². The number of carboxylic acid groups (broad SMARTS) is 1. The maximum atomic E-state index is 12.4. The average Bonchev–Trinajstić information content (AvgIpc) is 3.10. The Balaban J connectivity index is 4.28. The van der Waals surface area contributed by atoms with Gasteiger partial charge < -0.3 is 19.8 Å². The van der Waals surface area contributed by atoms with E-state index in [1.165, 1.54) is 57.8 Å². The molecule has 0 spiro atoms. The molecule has 0 aliphatic carbocycles. The van der Waals surface area contributed by atoms with Crippen LogP contribution in [0.2, 0.25) is 0 Å². The molecule has 0 aliphatic rings. The van der Waals surface area contributed by atoms with Gasteiger partial charge in [0.1, 0.15) is 0 Å². The minimum absolute atomic E-state index is 0.0421. The van der Waals surface area contributed by atoms with Crippen molar-refractivity contribution in [3.63, 3.8) is 0 Å². The number of carbonyl (C=O) groups excluding carboxylic acids is 1. The molecule has 1 atom stereocenters. The molecule has 0 heterocycles. The van der Waals surface area contributed by atoms with Crippen LogP contribution in [0.4, 0.5) is 0 Å². The lowest BCUT2D eigenvalue weighted by atomic mass is 9.81. The maximum absolute atomic E-state index is 12.4. The van der Waals surface area contributed by atoms with Gasteiger partial charge in [-0.2, -0.15) is 0 Å². The number of carboxylic acids is 1. The largest absolute Gasteiger partial charge is 0.481 e.